The first-order valence-corrected chi connectivity index (χ1v) is 3.85. The second kappa shape index (κ2) is 2.58. The van der Waals surface area contributed by atoms with Crippen LogP contribution in [0.3, 0.4) is 0 Å². The Morgan fingerprint density at radius 2 is 2.31 bits per heavy atom. The van der Waals surface area contributed by atoms with Gasteiger partial charge in [0.15, 0.2) is 0 Å². The summed E-state index contributed by atoms with van der Waals surface area (Å²) in [5.41, 5.74) is 2.41. The summed E-state index contributed by atoms with van der Waals surface area (Å²) >= 11 is 0. The first-order chi connectivity index (χ1) is 6.18. The van der Waals surface area contributed by atoms with Gasteiger partial charge in [-0.25, -0.2) is 14.3 Å². The summed E-state index contributed by atoms with van der Waals surface area (Å²) in [6.45, 7) is 1.94. The molecule has 0 aliphatic heterocycles. The average Bonchev–Trinajstić information content (AvgIpc) is 2.46. The Balaban J connectivity index is 2.76. The van der Waals surface area contributed by atoms with Crippen LogP contribution in [0.1, 0.15) is 5.56 Å². The molecule has 2 rings (SSSR count). The fourth-order valence-corrected chi connectivity index (χ4v) is 1.28. The fraction of sp³-hybridized carbons (Fsp3) is 0.111. The molecule has 1 aromatic carbocycles. The van der Waals surface area contributed by atoms with Gasteiger partial charge in [0.2, 0.25) is 0 Å². The van der Waals surface area contributed by atoms with Crippen LogP contribution in [-0.4, -0.2) is 20.8 Å². The Hall–Kier alpha value is -1.84. The lowest BCUT2D eigenvalue weighted by atomic mass is 10.2. The Bertz CT molecular complexity index is 473. The number of hydrogen-bond donors (Lipinski definition) is 1. The van der Waals surface area contributed by atoms with Gasteiger partial charge in [-0.3, -0.25) is 0 Å². The molecule has 1 heterocycles. The van der Waals surface area contributed by atoms with Crippen molar-refractivity contribution in [2.45, 2.75) is 6.92 Å². The van der Waals surface area contributed by atoms with Crippen LogP contribution < -0.4 is 0 Å². The van der Waals surface area contributed by atoms with Crippen LogP contribution in [-0.2, 0) is 0 Å². The third-order valence-corrected chi connectivity index (χ3v) is 1.91. The number of rotatable bonds is 0. The van der Waals surface area contributed by atoms with Crippen molar-refractivity contribution < 1.29 is 9.90 Å². The molecule has 13 heavy (non-hydrogen) atoms. The third kappa shape index (κ3) is 1.16. The zero-order valence-electron chi connectivity index (χ0n) is 7.06. The van der Waals surface area contributed by atoms with Gasteiger partial charge in [-0.15, -0.1) is 0 Å². The molecule has 1 N–H and O–H groups in total. The highest BCUT2D eigenvalue weighted by molar-refractivity contribution is 5.85. The molecule has 1 aromatic heterocycles. The highest BCUT2D eigenvalue weighted by Crippen LogP contribution is 2.13. The van der Waals surface area contributed by atoms with E-state index in [0.717, 1.165) is 10.1 Å². The van der Waals surface area contributed by atoms with E-state index in [1.165, 1.54) is 6.33 Å². The molecule has 0 aliphatic rings. The predicted octanol–water partition coefficient (Wildman–Crippen LogP) is 1.87. The Kier molecular flexibility index (Phi) is 1.55. The van der Waals surface area contributed by atoms with Crippen molar-refractivity contribution in [2.24, 2.45) is 0 Å². The van der Waals surface area contributed by atoms with Crippen LogP contribution in [0.2, 0.25) is 0 Å². The minimum atomic E-state index is -1.01. The summed E-state index contributed by atoms with van der Waals surface area (Å²) in [5, 5.41) is 8.76. The van der Waals surface area contributed by atoms with Crippen molar-refractivity contribution in [3.05, 3.63) is 30.1 Å². The molecule has 66 valence electrons. The third-order valence-electron chi connectivity index (χ3n) is 1.91. The number of nitrogens with zero attached hydrogens (tertiary/aromatic N) is 2. The number of carbonyl (C=O) groups is 1. The average molecular weight is 176 g/mol. The predicted molar refractivity (Wildman–Crippen MR) is 47.9 cm³/mol. The van der Waals surface area contributed by atoms with Gasteiger partial charge in [0.1, 0.15) is 6.33 Å². The lowest BCUT2D eigenvalue weighted by molar-refractivity contribution is 0.197. The SMILES string of the molecule is Cc1ccc2c(c1)ncn2C(=O)O. The number of hydrogen-bond acceptors (Lipinski definition) is 2. The quantitative estimate of drug-likeness (QED) is 0.666. The van der Waals surface area contributed by atoms with E-state index in [-0.39, 0.29) is 0 Å². The molecule has 0 radical (unpaired) electrons. The molecule has 0 bridgehead atoms. The molecule has 4 heteroatoms. The molecule has 0 atom stereocenters. The molecular weight excluding hydrogens is 168 g/mol. The smallest absolute Gasteiger partial charge is 0.417 e. The van der Waals surface area contributed by atoms with Gasteiger partial charge in [-0.2, -0.15) is 0 Å². The summed E-state index contributed by atoms with van der Waals surface area (Å²) < 4.78 is 1.11. The largest absolute Gasteiger partial charge is 0.464 e. The fourth-order valence-electron chi connectivity index (χ4n) is 1.28. The van der Waals surface area contributed by atoms with E-state index in [9.17, 15) is 4.79 Å². The molecule has 4 nitrogen and oxygen atoms in total. The van der Waals surface area contributed by atoms with Crippen molar-refractivity contribution in [2.75, 3.05) is 0 Å². The number of aromatic nitrogens is 2. The minimum Gasteiger partial charge on any atom is -0.464 e. The van der Waals surface area contributed by atoms with Crippen LogP contribution in [0.15, 0.2) is 24.5 Å². The number of carboxylic acid groups (broad SMARTS) is 1. The van der Waals surface area contributed by atoms with Gasteiger partial charge >= 0.3 is 6.09 Å². The van der Waals surface area contributed by atoms with E-state index < -0.39 is 6.09 Å². The first kappa shape index (κ1) is 7.79. The molecule has 0 aliphatic carbocycles. The van der Waals surface area contributed by atoms with Gasteiger partial charge < -0.3 is 5.11 Å². The van der Waals surface area contributed by atoms with Crippen LogP contribution in [0.5, 0.6) is 0 Å². The molecule has 0 saturated carbocycles. The molecule has 0 saturated heterocycles. The van der Waals surface area contributed by atoms with Crippen LogP contribution >= 0.6 is 0 Å². The number of aryl methyl sites for hydroxylation is 1. The summed E-state index contributed by atoms with van der Waals surface area (Å²) in [6, 6.07) is 5.48. The van der Waals surface area contributed by atoms with E-state index >= 15 is 0 Å². The monoisotopic (exact) mass is 176 g/mol. The lowest BCUT2D eigenvalue weighted by Crippen LogP contribution is -2.05. The number of imidazole rings is 1. The number of benzene rings is 1. The zero-order chi connectivity index (χ0) is 9.42. The maximum Gasteiger partial charge on any atom is 0.417 e. The Morgan fingerprint density at radius 1 is 1.54 bits per heavy atom. The van der Waals surface area contributed by atoms with Gasteiger partial charge in [-0.1, -0.05) is 6.07 Å². The summed E-state index contributed by atoms with van der Waals surface area (Å²) in [4.78, 5) is 14.7. The first-order valence-electron chi connectivity index (χ1n) is 3.85. The van der Waals surface area contributed by atoms with Crippen molar-refractivity contribution in [3.63, 3.8) is 0 Å². The molecule has 2 aromatic rings. The van der Waals surface area contributed by atoms with Crippen LogP contribution in [0, 0.1) is 6.92 Å². The standard InChI is InChI=1S/C9H8N2O2/c1-6-2-3-8-7(4-6)10-5-11(8)9(12)13/h2-5H,1H3,(H,12,13). The molecular formula is C9H8N2O2. The van der Waals surface area contributed by atoms with Crippen LogP contribution in [0.25, 0.3) is 11.0 Å². The minimum absolute atomic E-state index is 0.623. The van der Waals surface area contributed by atoms with Crippen molar-refractivity contribution in [1.82, 2.24) is 9.55 Å². The second-order valence-corrected chi connectivity index (χ2v) is 2.89. The summed E-state index contributed by atoms with van der Waals surface area (Å²) in [7, 11) is 0. The van der Waals surface area contributed by atoms with E-state index in [1.54, 1.807) is 6.07 Å². The van der Waals surface area contributed by atoms with Gasteiger partial charge in [0.25, 0.3) is 0 Å². The van der Waals surface area contributed by atoms with Crippen molar-refractivity contribution in [3.8, 4) is 0 Å². The lowest BCUT2D eigenvalue weighted by Gasteiger charge is -1.95. The highest BCUT2D eigenvalue weighted by Gasteiger charge is 2.06. The zero-order valence-corrected chi connectivity index (χ0v) is 7.06. The van der Waals surface area contributed by atoms with Crippen LogP contribution in [0.4, 0.5) is 4.79 Å². The van der Waals surface area contributed by atoms with Gasteiger partial charge in [-0.05, 0) is 24.6 Å². The van der Waals surface area contributed by atoms with Crippen molar-refractivity contribution in [1.29, 1.82) is 0 Å². The Labute approximate surface area is 74.4 Å². The summed E-state index contributed by atoms with van der Waals surface area (Å²) in [5.74, 6) is 0. The number of fused-ring (bicyclic) bond motifs is 1. The van der Waals surface area contributed by atoms with E-state index in [4.69, 9.17) is 5.11 Å². The van der Waals surface area contributed by atoms with E-state index in [1.807, 2.05) is 19.1 Å². The maximum atomic E-state index is 10.7. The Morgan fingerprint density at radius 3 is 3.00 bits per heavy atom. The molecule has 0 unspecified atom stereocenters. The summed E-state index contributed by atoms with van der Waals surface area (Å²) in [6.07, 6.45) is 0.304. The highest BCUT2D eigenvalue weighted by atomic mass is 16.4. The normalized spacial score (nSPS) is 10.5. The van der Waals surface area contributed by atoms with Gasteiger partial charge in [0.05, 0.1) is 11.0 Å². The van der Waals surface area contributed by atoms with Gasteiger partial charge in [0, 0.05) is 0 Å². The molecule has 0 spiro atoms. The second-order valence-electron chi connectivity index (χ2n) is 2.89. The van der Waals surface area contributed by atoms with Crippen molar-refractivity contribution >= 4 is 17.1 Å². The molecule has 0 fully saturated rings. The topological polar surface area (TPSA) is 55.1 Å². The van der Waals surface area contributed by atoms with E-state index in [0.29, 0.717) is 11.0 Å². The molecule has 0 amide bonds. The van der Waals surface area contributed by atoms with E-state index in [2.05, 4.69) is 4.98 Å². The maximum absolute atomic E-state index is 10.7.